The van der Waals surface area contributed by atoms with Gasteiger partial charge in [0.1, 0.15) is 17.1 Å². The summed E-state index contributed by atoms with van der Waals surface area (Å²) in [5.74, 6) is -2.26. The van der Waals surface area contributed by atoms with Crippen molar-refractivity contribution in [2.45, 2.75) is 46.1 Å². The van der Waals surface area contributed by atoms with E-state index in [0.717, 1.165) is 4.90 Å². The summed E-state index contributed by atoms with van der Waals surface area (Å²) >= 11 is 0. The van der Waals surface area contributed by atoms with E-state index in [9.17, 15) is 40.7 Å². The zero-order chi connectivity index (χ0) is 28.6. The molecule has 0 spiro atoms. The Kier molecular flexibility index (Phi) is 8.03. The molecule has 2 aromatic rings. The highest BCUT2D eigenvalue weighted by Crippen LogP contribution is 2.36. The maximum atomic E-state index is 13.3. The topological polar surface area (TPSA) is 92.7 Å². The standard InChI is InChI=1S/C24H24F6N4O4/c1-5-38-22(37)18-13(3)31-14(4)32-19(18)21(36)33-6-7-34(12(2)11-33)20(35)15-8-16(23(25,26)27)10-17(9-15)24(28,29)30/h8-10,12H,5-7,11H2,1-4H3. The molecular formula is C24H24F6N4O4. The SMILES string of the molecule is CCOC(=O)c1c(C)nc(C)nc1C(=O)N1CCN(C(=O)c2cc(C(F)(F)F)cc(C(F)(F)F)c2)C(C)C1. The molecule has 0 radical (unpaired) electrons. The Bertz CT molecular complexity index is 1230. The number of esters is 1. The van der Waals surface area contributed by atoms with Gasteiger partial charge < -0.3 is 14.5 Å². The third-order valence-electron chi connectivity index (χ3n) is 5.89. The lowest BCUT2D eigenvalue weighted by Gasteiger charge is -2.40. The van der Waals surface area contributed by atoms with E-state index in [1.807, 2.05) is 0 Å². The van der Waals surface area contributed by atoms with Gasteiger partial charge in [0.25, 0.3) is 11.8 Å². The molecule has 38 heavy (non-hydrogen) atoms. The molecule has 0 bridgehead atoms. The summed E-state index contributed by atoms with van der Waals surface area (Å²) in [4.78, 5) is 49.4. The van der Waals surface area contributed by atoms with Crippen molar-refractivity contribution in [1.82, 2.24) is 19.8 Å². The predicted octanol–water partition coefficient (Wildman–Crippen LogP) is 4.29. The van der Waals surface area contributed by atoms with Gasteiger partial charge in [-0.3, -0.25) is 9.59 Å². The Morgan fingerprint density at radius 3 is 2.03 bits per heavy atom. The van der Waals surface area contributed by atoms with Crippen molar-refractivity contribution >= 4 is 17.8 Å². The number of nitrogens with zero attached hydrogens (tertiary/aromatic N) is 4. The van der Waals surface area contributed by atoms with Crippen LogP contribution in [0.5, 0.6) is 0 Å². The largest absolute Gasteiger partial charge is 0.462 e. The summed E-state index contributed by atoms with van der Waals surface area (Å²) in [6.45, 7) is 5.78. The molecule has 1 aliphatic heterocycles. The minimum atomic E-state index is -5.10. The highest BCUT2D eigenvalue weighted by atomic mass is 19.4. The van der Waals surface area contributed by atoms with Crippen LogP contribution in [-0.4, -0.2) is 69.8 Å². The quantitative estimate of drug-likeness (QED) is 0.420. The fraction of sp³-hybridized carbons (Fsp3) is 0.458. The van der Waals surface area contributed by atoms with Gasteiger partial charge in [0.15, 0.2) is 0 Å². The number of carbonyl (C=O) groups excluding carboxylic acids is 3. The van der Waals surface area contributed by atoms with Gasteiger partial charge in [-0.2, -0.15) is 26.3 Å². The van der Waals surface area contributed by atoms with Crippen molar-refractivity contribution in [3.63, 3.8) is 0 Å². The number of aromatic nitrogens is 2. The summed E-state index contributed by atoms with van der Waals surface area (Å²) in [5.41, 5.74) is -4.06. The molecule has 1 fully saturated rings. The number of halogens is 6. The van der Waals surface area contributed by atoms with Crippen LogP contribution in [0.25, 0.3) is 0 Å². The molecule has 1 unspecified atom stereocenters. The third kappa shape index (κ3) is 6.05. The zero-order valence-corrected chi connectivity index (χ0v) is 20.8. The lowest BCUT2D eigenvalue weighted by Crippen LogP contribution is -2.55. The van der Waals surface area contributed by atoms with Gasteiger partial charge in [-0.25, -0.2) is 14.8 Å². The average molecular weight is 546 g/mol. The smallest absolute Gasteiger partial charge is 0.416 e. The first-order valence-corrected chi connectivity index (χ1v) is 11.5. The molecule has 1 aliphatic rings. The number of hydrogen-bond donors (Lipinski definition) is 0. The van der Waals surface area contributed by atoms with Crippen LogP contribution in [0.4, 0.5) is 26.3 Å². The van der Waals surface area contributed by atoms with Crippen LogP contribution < -0.4 is 0 Å². The molecule has 0 N–H and O–H groups in total. The number of alkyl halides is 6. The maximum absolute atomic E-state index is 13.3. The van der Waals surface area contributed by atoms with E-state index < -0.39 is 52.9 Å². The van der Waals surface area contributed by atoms with Gasteiger partial charge in [0.2, 0.25) is 0 Å². The van der Waals surface area contributed by atoms with Crippen LogP contribution in [0.1, 0.15) is 67.7 Å². The van der Waals surface area contributed by atoms with Crippen LogP contribution in [0.15, 0.2) is 18.2 Å². The maximum Gasteiger partial charge on any atom is 0.416 e. The first kappa shape index (κ1) is 28.9. The molecule has 8 nitrogen and oxygen atoms in total. The first-order chi connectivity index (χ1) is 17.5. The number of carbonyl (C=O) groups is 3. The zero-order valence-electron chi connectivity index (χ0n) is 20.8. The first-order valence-electron chi connectivity index (χ1n) is 11.5. The normalized spacial score (nSPS) is 16.4. The van der Waals surface area contributed by atoms with E-state index in [4.69, 9.17) is 4.74 Å². The van der Waals surface area contributed by atoms with Gasteiger partial charge in [-0.15, -0.1) is 0 Å². The highest BCUT2D eigenvalue weighted by molar-refractivity contribution is 6.04. The minimum absolute atomic E-state index is 0.0448. The van der Waals surface area contributed by atoms with Crippen LogP contribution in [0.3, 0.4) is 0 Å². The number of benzene rings is 1. The second kappa shape index (κ2) is 10.6. The van der Waals surface area contributed by atoms with Crippen LogP contribution in [-0.2, 0) is 17.1 Å². The molecular weight excluding hydrogens is 522 g/mol. The van der Waals surface area contributed by atoms with Crippen molar-refractivity contribution in [2.75, 3.05) is 26.2 Å². The lowest BCUT2D eigenvalue weighted by molar-refractivity contribution is -0.143. The van der Waals surface area contributed by atoms with Crippen molar-refractivity contribution in [3.8, 4) is 0 Å². The van der Waals surface area contributed by atoms with E-state index in [1.165, 1.54) is 25.7 Å². The van der Waals surface area contributed by atoms with Crippen molar-refractivity contribution in [1.29, 1.82) is 0 Å². The highest BCUT2D eigenvalue weighted by Gasteiger charge is 2.39. The van der Waals surface area contributed by atoms with Gasteiger partial charge >= 0.3 is 18.3 Å². The summed E-state index contributed by atoms with van der Waals surface area (Å²) in [7, 11) is 0. The van der Waals surface area contributed by atoms with Crippen LogP contribution in [0, 0.1) is 13.8 Å². The van der Waals surface area contributed by atoms with Gasteiger partial charge in [0.05, 0.1) is 23.4 Å². The predicted molar refractivity (Wildman–Crippen MR) is 120 cm³/mol. The number of ether oxygens (including phenoxy) is 1. The molecule has 1 aromatic heterocycles. The van der Waals surface area contributed by atoms with Crippen molar-refractivity contribution in [3.05, 3.63) is 57.7 Å². The summed E-state index contributed by atoms with van der Waals surface area (Å²) in [6, 6.07) is -0.0807. The Balaban J connectivity index is 1.88. The second-order valence-electron chi connectivity index (χ2n) is 8.69. The van der Waals surface area contributed by atoms with Crippen molar-refractivity contribution in [2.24, 2.45) is 0 Å². The van der Waals surface area contributed by atoms with Crippen LogP contribution >= 0.6 is 0 Å². The van der Waals surface area contributed by atoms with Gasteiger partial charge in [0, 0.05) is 31.2 Å². The Morgan fingerprint density at radius 2 is 1.53 bits per heavy atom. The lowest BCUT2D eigenvalue weighted by atomic mass is 10.0. The fourth-order valence-corrected chi connectivity index (χ4v) is 4.15. The Hall–Kier alpha value is -3.71. The number of rotatable bonds is 4. The number of hydrogen-bond acceptors (Lipinski definition) is 6. The van der Waals surface area contributed by atoms with E-state index in [0.29, 0.717) is 12.1 Å². The molecule has 1 saturated heterocycles. The fourth-order valence-electron chi connectivity index (χ4n) is 4.15. The molecule has 14 heteroatoms. The van der Waals surface area contributed by atoms with Gasteiger partial charge in [-0.05, 0) is 45.9 Å². The van der Waals surface area contributed by atoms with E-state index in [-0.39, 0.29) is 55.1 Å². The molecule has 0 aliphatic carbocycles. The summed E-state index contributed by atoms with van der Waals surface area (Å²) in [6.07, 6.45) is -10.2. The molecule has 2 amide bonds. The van der Waals surface area contributed by atoms with Crippen molar-refractivity contribution < 1.29 is 45.5 Å². The van der Waals surface area contributed by atoms with Crippen LogP contribution in [0.2, 0.25) is 0 Å². The molecule has 2 heterocycles. The van der Waals surface area contributed by atoms with E-state index in [1.54, 1.807) is 6.92 Å². The molecule has 1 atom stereocenters. The number of piperazine rings is 1. The number of aryl methyl sites for hydroxylation is 2. The summed E-state index contributed by atoms with van der Waals surface area (Å²) in [5, 5.41) is 0. The Labute approximate surface area is 213 Å². The Morgan fingerprint density at radius 1 is 0.947 bits per heavy atom. The molecule has 3 rings (SSSR count). The molecule has 0 saturated carbocycles. The molecule has 206 valence electrons. The average Bonchev–Trinajstić information content (AvgIpc) is 2.81. The van der Waals surface area contributed by atoms with Gasteiger partial charge in [-0.1, -0.05) is 0 Å². The van der Waals surface area contributed by atoms with E-state index in [2.05, 4.69) is 9.97 Å². The minimum Gasteiger partial charge on any atom is -0.462 e. The molecule has 1 aromatic carbocycles. The summed E-state index contributed by atoms with van der Waals surface area (Å²) < 4.78 is 84.4. The second-order valence-corrected chi connectivity index (χ2v) is 8.69. The van der Waals surface area contributed by atoms with E-state index >= 15 is 0 Å². The monoisotopic (exact) mass is 546 g/mol. The third-order valence-corrected chi connectivity index (χ3v) is 5.89. The number of amides is 2.